The highest BCUT2D eigenvalue weighted by atomic mass is 32.2. The molecule has 2 aliphatic rings. The second-order valence-corrected chi connectivity index (χ2v) is 8.81. The largest absolute Gasteiger partial charge is 0.378 e. The normalized spacial score (nSPS) is 21.7. The summed E-state index contributed by atoms with van der Waals surface area (Å²) in [5, 5.41) is 18.1. The van der Waals surface area contributed by atoms with E-state index in [1.165, 1.54) is 0 Å². The molecule has 0 aromatic carbocycles. The number of rotatable bonds is 9. The summed E-state index contributed by atoms with van der Waals surface area (Å²) in [7, 11) is 0. The Morgan fingerprint density at radius 3 is 3.03 bits per heavy atom. The van der Waals surface area contributed by atoms with Crippen LogP contribution in [-0.4, -0.2) is 20.8 Å². The van der Waals surface area contributed by atoms with E-state index < -0.39 is 0 Å². The van der Waals surface area contributed by atoms with E-state index in [2.05, 4.69) is 53.1 Å². The average molecular weight is 455 g/mol. The fourth-order valence-electron chi connectivity index (χ4n) is 2.73. The maximum Gasteiger partial charge on any atom is 0.166 e. The van der Waals surface area contributed by atoms with Gasteiger partial charge in [-0.2, -0.15) is 5.10 Å². The molecule has 5 N–H and O–H groups in total. The number of nitrogens with one attached hydrogen (secondary N) is 3. The zero-order chi connectivity index (χ0) is 22.6. The first-order valence-corrected chi connectivity index (χ1v) is 11.7. The first kappa shape index (κ1) is 24.6. The summed E-state index contributed by atoms with van der Waals surface area (Å²) in [5.74, 6) is -0.0631. The first-order valence-electron chi connectivity index (χ1n) is 10.0. The quantitative estimate of drug-likeness (QED) is 0.219. The van der Waals surface area contributed by atoms with Crippen molar-refractivity contribution in [2.24, 2.45) is 21.7 Å². The van der Waals surface area contributed by atoms with Crippen LogP contribution in [0.5, 0.6) is 0 Å². The standard InChI is InChI=1S/C23H30N6S2/c1-5-8-11-16(4)26-22(25)30-20(24)17-12-10-13-18(15-17)21-28-29-23(31-21)27-19(7-3)14-9-6-2/h5-6,8-14,17,23-24,27,29H,1,4,7,15H2,2-3H3,(H2,25,26)/b9-6-,11-8-,19-14+,24-20?/t17?,23-/m1/s1. The van der Waals surface area contributed by atoms with E-state index in [1.54, 1.807) is 30.0 Å². The van der Waals surface area contributed by atoms with Crippen molar-refractivity contribution in [2.45, 2.75) is 32.2 Å². The summed E-state index contributed by atoms with van der Waals surface area (Å²) in [6.07, 6.45) is 18.9. The van der Waals surface area contributed by atoms with Gasteiger partial charge in [0.2, 0.25) is 0 Å². The van der Waals surface area contributed by atoms with Gasteiger partial charge in [-0.05, 0) is 49.3 Å². The Hall–Kier alpha value is -2.71. The minimum Gasteiger partial charge on any atom is -0.378 e. The molecule has 1 aliphatic heterocycles. The fraction of sp³-hybridized carbons (Fsp3) is 0.261. The van der Waals surface area contributed by atoms with Gasteiger partial charge in [-0.1, -0.05) is 74.4 Å². The molecule has 2 atom stereocenters. The average Bonchev–Trinajstić information content (AvgIpc) is 3.23. The Morgan fingerprint density at radius 1 is 1.52 bits per heavy atom. The third kappa shape index (κ3) is 8.15. The van der Waals surface area contributed by atoms with Crippen LogP contribution in [-0.2, 0) is 0 Å². The van der Waals surface area contributed by atoms with Gasteiger partial charge in [0.25, 0.3) is 0 Å². The van der Waals surface area contributed by atoms with E-state index >= 15 is 0 Å². The lowest BCUT2D eigenvalue weighted by atomic mass is 9.95. The van der Waals surface area contributed by atoms with Crippen molar-refractivity contribution in [2.75, 3.05) is 0 Å². The number of amidine groups is 1. The van der Waals surface area contributed by atoms with Gasteiger partial charge in [0.15, 0.2) is 10.7 Å². The molecule has 0 aromatic rings. The highest BCUT2D eigenvalue weighted by molar-refractivity contribution is 8.26. The van der Waals surface area contributed by atoms with E-state index in [0.717, 1.165) is 34.5 Å². The molecule has 0 spiro atoms. The molecule has 1 unspecified atom stereocenters. The van der Waals surface area contributed by atoms with Gasteiger partial charge in [0.1, 0.15) is 5.04 Å². The van der Waals surface area contributed by atoms with Gasteiger partial charge < -0.3 is 11.1 Å². The molecule has 8 heteroatoms. The molecule has 164 valence electrons. The van der Waals surface area contributed by atoms with Crippen LogP contribution in [0.2, 0.25) is 0 Å². The molecule has 0 radical (unpaired) electrons. The third-order valence-corrected chi connectivity index (χ3v) is 6.14. The number of hydrogen-bond acceptors (Lipinski definition) is 7. The number of nitrogens with zero attached hydrogens (tertiary/aromatic N) is 2. The zero-order valence-corrected chi connectivity index (χ0v) is 19.6. The summed E-state index contributed by atoms with van der Waals surface area (Å²) in [6.45, 7) is 11.5. The summed E-state index contributed by atoms with van der Waals surface area (Å²) < 4.78 is 0. The van der Waals surface area contributed by atoms with Gasteiger partial charge in [-0.3, -0.25) is 10.8 Å². The lowest BCUT2D eigenvalue weighted by Gasteiger charge is -2.19. The second-order valence-electron chi connectivity index (χ2n) is 6.65. The smallest absolute Gasteiger partial charge is 0.166 e. The van der Waals surface area contributed by atoms with E-state index in [1.807, 2.05) is 31.2 Å². The Balaban J connectivity index is 1.92. The van der Waals surface area contributed by atoms with Crippen LogP contribution in [0, 0.1) is 11.3 Å². The molecule has 0 bridgehead atoms. The molecule has 1 aliphatic carbocycles. The van der Waals surface area contributed by atoms with Crippen molar-refractivity contribution in [1.29, 1.82) is 5.41 Å². The topological polar surface area (TPSA) is 98.7 Å². The number of hydrogen-bond donors (Lipinski definition) is 4. The summed E-state index contributed by atoms with van der Waals surface area (Å²) in [4.78, 5) is 4.21. The highest BCUT2D eigenvalue weighted by Crippen LogP contribution is 2.31. The number of aliphatic imine (C=N–C) groups is 1. The Morgan fingerprint density at radius 2 is 2.32 bits per heavy atom. The van der Waals surface area contributed by atoms with Gasteiger partial charge >= 0.3 is 0 Å². The molecule has 1 heterocycles. The van der Waals surface area contributed by atoms with Gasteiger partial charge in [-0.25, -0.2) is 4.99 Å². The van der Waals surface area contributed by atoms with Crippen molar-refractivity contribution in [3.8, 4) is 0 Å². The Bertz CT molecular complexity index is 905. The molecule has 0 saturated carbocycles. The van der Waals surface area contributed by atoms with E-state index in [0.29, 0.717) is 22.3 Å². The van der Waals surface area contributed by atoms with Crippen LogP contribution in [0.1, 0.15) is 26.7 Å². The molecule has 0 amide bonds. The molecular formula is C23H30N6S2. The van der Waals surface area contributed by atoms with E-state index in [-0.39, 0.29) is 11.4 Å². The fourth-order valence-corrected chi connectivity index (χ4v) is 4.37. The van der Waals surface area contributed by atoms with Crippen molar-refractivity contribution in [3.63, 3.8) is 0 Å². The zero-order valence-electron chi connectivity index (χ0n) is 18.0. The lowest BCUT2D eigenvalue weighted by Crippen LogP contribution is -2.33. The van der Waals surface area contributed by atoms with Crippen LogP contribution >= 0.6 is 23.5 Å². The second kappa shape index (κ2) is 12.9. The monoisotopic (exact) mass is 454 g/mol. The van der Waals surface area contributed by atoms with Crippen molar-refractivity contribution in [3.05, 3.63) is 84.8 Å². The minimum absolute atomic E-state index is 0.0112. The molecule has 31 heavy (non-hydrogen) atoms. The molecule has 0 fully saturated rings. The molecule has 6 nitrogen and oxygen atoms in total. The third-order valence-electron chi connectivity index (χ3n) is 4.29. The van der Waals surface area contributed by atoms with Crippen LogP contribution in [0.3, 0.4) is 0 Å². The molecule has 2 rings (SSSR count). The van der Waals surface area contributed by atoms with Gasteiger partial charge in [0, 0.05) is 11.6 Å². The van der Waals surface area contributed by atoms with E-state index in [9.17, 15) is 0 Å². The minimum atomic E-state index is -0.0631. The van der Waals surface area contributed by atoms with Crippen molar-refractivity contribution in [1.82, 2.24) is 10.7 Å². The van der Waals surface area contributed by atoms with Crippen molar-refractivity contribution < 1.29 is 0 Å². The van der Waals surface area contributed by atoms with Crippen LogP contribution < -0.4 is 16.5 Å². The van der Waals surface area contributed by atoms with Crippen LogP contribution in [0.25, 0.3) is 0 Å². The van der Waals surface area contributed by atoms with Crippen molar-refractivity contribution >= 4 is 38.8 Å². The van der Waals surface area contributed by atoms with Crippen LogP contribution in [0.4, 0.5) is 0 Å². The van der Waals surface area contributed by atoms with Crippen LogP contribution in [0.15, 0.2) is 94.9 Å². The summed E-state index contributed by atoms with van der Waals surface area (Å²) in [6, 6.07) is 0. The molecular weight excluding hydrogens is 424 g/mol. The SMILES string of the molecule is C=C/C=C\C(=C)N=C(N)SC(=N)C1C=CC=C(C2=NN[C@@H](N/C(=C/C=C\C)CC)S2)C1. The summed E-state index contributed by atoms with van der Waals surface area (Å²) >= 11 is 2.80. The summed E-state index contributed by atoms with van der Waals surface area (Å²) in [5.41, 5.74) is 11.9. The first-order chi connectivity index (χ1) is 15.0. The predicted molar refractivity (Wildman–Crippen MR) is 139 cm³/mol. The predicted octanol–water partition coefficient (Wildman–Crippen LogP) is 5.16. The molecule has 0 aromatic heterocycles. The molecule has 0 saturated heterocycles. The Kier molecular flexibility index (Phi) is 10.2. The Labute approximate surface area is 193 Å². The highest BCUT2D eigenvalue weighted by Gasteiger charge is 2.26. The maximum absolute atomic E-state index is 8.45. The number of thioether (sulfide) groups is 2. The lowest BCUT2D eigenvalue weighted by molar-refractivity contribution is 0.618. The number of allylic oxidation sites excluding steroid dienone is 10. The maximum atomic E-state index is 8.45. The van der Waals surface area contributed by atoms with Gasteiger partial charge in [0.05, 0.1) is 10.7 Å². The van der Waals surface area contributed by atoms with Gasteiger partial charge in [-0.15, -0.1) is 0 Å². The van der Waals surface area contributed by atoms with E-state index in [4.69, 9.17) is 11.1 Å². The number of nitrogens with two attached hydrogens (primary N) is 1. The number of hydrazone groups is 1.